The number of hydrogen-bond acceptors (Lipinski definition) is 6. The van der Waals surface area contributed by atoms with Gasteiger partial charge in [-0.05, 0) is 52.8 Å². The molecule has 1 aliphatic rings. The molecule has 6 nitrogen and oxygen atoms in total. The van der Waals surface area contributed by atoms with Crippen LogP contribution < -0.4 is 10.1 Å². The van der Waals surface area contributed by atoms with Crippen LogP contribution in [0, 0.1) is 28.8 Å². The number of ether oxygens (including phenoxy) is 2. The van der Waals surface area contributed by atoms with Gasteiger partial charge < -0.3 is 14.8 Å². The molecule has 3 aromatic rings. The minimum atomic E-state index is -1.02. The molecular formula is C28H26F3N3O3S. The topological polar surface area (TPSA) is 84.2 Å². The average molecular weight is 542 g/mol. The van der Waals surface area contributed by atoms with E-state index < -0.39 is 34.4 Å². The lowest BCUT2D eigenvalue weighted by Crippen LogP contribution is -2.21. The summed E-state index contributed by atoms with van der Waals surface area (Å²) in [7, 11) is 0.908. The fourth-order valence-corrected chi connectivity index (χ4v) is 4.36. The molecule has 10 heteroatoms. The molecule has 0 amide bonds. The molecule has 1 N–H and O–H groups in total. The molecule has 0 fully saturated rings. The summed E-state index contributed by atoms with van der Waals surface area (Å²) in [6, 6.07) is 13.0. The van der Waals surface area contributed by atoms with Gasteiger partial charge >= 0.3 is 0 Å². The first-order chi connectivity index (χ1) is 18.3. The van der Waals surface area contributed by atoms with Crippen molar-refractivity contribution in [3.63, 3.8) is 0 Å². The van der Waals surface area contributed by atoms with Gasteiger partial charge in [0.1, 0.15) is 18.5 Å². The molecule has 0 radical (unpaired) electrons. The van der Waals surface area contributed by atoms with Crippen LogP contribution in [-0.2, 0) is 22.1 Å². The Kier molecular flexibility index (Phi) is 10.6. The van der Waals surface area contributed by atoms with Gasteiger partial charge in [0.25, 0.3) is 0 Å². The van der Waals surface area contributed by atoms with Gasteiger partial charge in [-0.25, -0.2) is 18.2 Å². The molecule has 0 bridgehead atoms. The normalized spacial score (nSPS) is 14.7. The van der Waals surface area contributed by atoms with Gasteiger partial charge in [0.2, 0.25) is 5.88 Å². The number of methoxy groups -OCH3 is 1. The maximum Gasteiger partial charge on any atom is 0.213 e. The maximum atomic E-state index is 15.0. The van der Waals surface area contributed by atoms with Crippen molar-refractivity contribution in [3.05, 3.63) is 107 Å². The maximum absolute atomic E-state index is 15.0. The Morgan fingerprint density at radius 1 is 1.13 bits per heavy atom. The number of nitrogens with zero attached hydrogens (tertiary/aromatic N) is 2. The quantitative estimate of drug-likeness (QED) is 0.374. The van der Waals surface area contributed by atoms with Crippen LogP contribution in [0.15, 0.2) is 78.5 Å². The van der Waals surface area contributed by atoms with Crippen molar-refractivity contribution in [1.29, 1.82) is 5.26 Å². The smallest absolute Gasteiger partial charge is 0.213 e. The lowest BCUT2D eigenvalue weighted by atomic mass is 9.99. The van der Waals surface area contributed by atoms with Crippen molar-refractivity contribution in [3.8, 4) is 23.1 Å². The summed E-state index contributed by atoms with van der Waals surface area (Å²) < 4.78 is 62.6. The number of hydrogen-bond donors (Lipinski definition) is 1. The van der Waals surface area contributed by atoms with E-state index in [0.717, 1.165) is 29.9 Å². The van der Waals surface area contributed by atoms with E-state index in [2.05, 4.69) is 16.9 Å². The molecule has 38 heavy (non-hydrogen) atoms. The third-order valence-corrected chi connectivity index (χ3v) is 6.56. The van der Waals surface area contributed by atoms with Crippen molar-refractivity contribution in [2.24, 2.45) is 0 Å². The van der Waals surface area contributed by atoms with Crippen LogP contribution >= 0.6 is 0 Å². The lowest BCUT2D eigenvalue weighted by Gasteiger charge is -2.22. The number of pyridine rings is 1. The summed E-state index contributed by atoms with van der Waals surface area (Å²) >= 11 is 0. The summed E-state index contributed by atoms with van der Waals surface area (Å²) in [5.74, 6) is -1.34. The summed E-state index contributed by atoms with van der Waals surface area (Å²) in [5, 5.41) is 13.7. The average Bonchev–Trinajstić information content (AvgIpc) is 3.41. The van der Waals surface area contributed by atoms with Crippen LogP contribution in [0.5, 0.6) is 5.88 Å². The highest BCUT2D eigenvalue weighted by Crippen LogP contribution is 2.30. The fourth-order valence-electron chi connectivity index (χ4n) is 3.50. The second-order valence-electron chi connectivity index (χ2n) is 8.04. The molecule has 0 saturated carbocycles. The highest BCUT2D eigenvalue weighted by atomic mass is 32.2. The number of nitrogens with one attached hydrogen (secondary N) is 1. The van der Waals surface area contributed by atoms with Crippen molar-refractivity contribution in [2.45, 2.75) is 19.1 Å². The number of benzene rings is 2. The van der Waals surface area contributed by atoms with E-state index in [4.69, 9.17) is 14.7 Å². The monoisotopic (exact) mass is 541 g/mol. The highest BCUT2D eigenvalue weighted by Gasteiger charge is 2.21. The van der Waals surface area contributed by atoms with Crippen molar-refractivity contribution in [1.82, 2.24) is 10.3 Å². The predicted molar refractivity (Wildman–Crippen MR) is 140 cm³/mol. The van der Waals surface area contributed by atoms with Crippen LogP contribution in [0.1, 0.15) is 23.7 Å². The van der Waals surface area contributed by atoms with Crippen LogP contribution in [0.25, 0.3) is 11.1 Å². The molecule has 0 aliphatic carbocycles. The minimum absolute atomic E-state index is 0.149. The van der Waals surface area contributed by atoms with Crippen LogP contribution in [0.2, 0.25) is 0 Å². The number of halogens is 3. The van der Waals surface area contributed by atoms with Gasteiger partial charge in [0, 0.05) is 46.6 Å². The second kappa shape index (κ2) is 14.1. The zero-order valence-electron chi connectivity index (χ0n) is 20.6. The van der Waals surface area contributed by atoms with E-state index in [1.807, 2.05) is 12.1 Å². The molecule has 2 unspecified atom stereocenters. The largest absolute Gasteiger partial charge is 0.481 e. The SMILES string of the molecule is C=C(NCc1ccnc(OC)c1)C(OCC#N)c1ccc(-c2ccc(F)c(F)c2)cc1F.O=S1C=CCC1. The Morgan fingerprint density at radius 3 is 2.45 bits per heavy atom. The molecule has 1 aromatic heterocycles. The first-order valence-corrected chi connectivity index (χ1v) is 12.9. The number of rotatable bonds is 9. The molecule has 198 valence electrons. The van der Waals surface area contributed by atoms with Gasteiger partial charge in [-0.3, -0.25) is 4.21 Å². The van der Waals surface area contributed by atoms with E-state index in [1.165, 1.54) is 25.3 Å². The standard InChI is InChI=1S/C24H20F3N3O2.C4H6OS/c1-15(30-14-16-7-9-29-23(11-16)31-2)24(32-10-8-28)19-5-3-17(12-21(19)26)18-4-6-20(25)22(27)13-18;5-6-3-1-2-4-6/h3-7,9,11-13,24,30H,1,10,14H2,2H3;1,3H,2,4H2. The van der Waals surface area contributed by atoms with E-state index in [-0.39, 0.29) is 12.2 Å². The zero-order chi connectivity index (χ0) is 27.5. The number of nitriles is 1. The van der Waals surface area contributed by atoms with Gasteiger partial charge in [-0.15, -0.1) is 0 Å². The third kappa shape index (κ3) is 8.03. The van der Waals surface area contributed by atoms with Crippen molar-refractivity contribution >= 4 is 10.8 Å². The molecule has 2 heterocycles. The number of allylic oxidation sites excluding steroid dienone is 1. The summed E-state index contributed by atoms with van der Waals surface area (Å²) in [4.78, 5) is 4.04. The Balaban J connectivity index is 0.000000585. The first kappa shape index (κ1) is 28.6. The Labute approximate surface area is 221 Å². The fraction of sp³-hybridized carbons (Fsp3) is 0.214. The zero-order valence-corrected chi connectivity index (χ0v) is 21.4. The van der Waals surface area contributed by atoms with E-state index in [9.17, 15) is 17.4 Å². The highest BCUT2D eigenvalue weighted by molar-refractivity contribution is 7.88. The summed E-state index contributed by atoms with van der Waals surface area (Å²) in [6.45, 7) is 4.00. The van der Waals surface area contributed by atoms with Gasteiger partial charge in [0.15, 0.2) is 11.6 Å². The Bertz CT molecular complexity index is 1370. The van der Waals surface area contributed by atoms with Gasteiger partial charge in [-0.2, -0.15) is 5.26 Å². The minimum Gasteiger partial charge on any atom is -0.481 e. The predicted octanol–water partition coefficient (Wildman–Crippen LogP) is 5.71. The van der Waals surface area contributed by atoms with Gasteiger partial charge in [0.05, 0.1) is 13.2 Å². The van der Waals surface area contributed by atoms with Gasteiger partial charge in [-0.1, -0.05) is 30.9 Å². The molecule has 1 aliphatic heterocycles. The second-order valence-corrected chi connectivity index (χ2v) is 9.49. The Morgan fingerprint density at radius 2 is 1.87 bits per heavy atom. The number of aromatic nitrogens is 1. The van der Waals surface area contributed by atoms with Crippen LogP contribution in [-0.4, -0.2) is 28.7 Å². The van der Waals surface area contributed by atoms with Crippen LogP contribution in [0.4, 0.5) is 13.2 Å². The molecule has 2 atom stereocenters. The first-order valence-electron chi connectivity index (χ1n) is 11.5. The van der Waals surface area contributed by atoms with E-state index >= 15 is 0 Å². The van der Waals surface area contributed by atoms with E-state index in [1.54, 1.807) is 29.8 Å². The van der Waals surface area contributed by atoms with E-state index in [0.29, 0.717) is 29.2 Å². The summed E-state index contributed by atoms with van der Waals surface area (Å²) in [5.41, 5.74) is 2.04. The molecule has 0 spiro atoms. The molecular weight excluding hydrogens is 515 g/mol. The van der Waals surface area contributed by atoms with Crippen molar-refractivity contribution < 1.29 is 26.9 Å². The molecule has 2 aromatic carbocycles. The van der Waals surface area contributed by atoms with Crippen molar-refractivity contribution in [2.75, 3.05) is 19.5 Å². The molecule has 4 rings (SSSR count). The molecule has 0 saturated heterocycles. The lowest BCUT2D eigenvalue weighted by molar-refractivity contribution is 0.0963. The third-order valence-electron chi connectivity index (χ3n) is 5.43. The summed E-state index contributed by atoms with van der Waals surface area (Å²) in [6.07, 6.45) is 3.61. The van der Waals surface area contributed by atoms with Crippen LogP contribution in [0.3, 0.4) is 0 Å². The Hall–Kier alpha value is -3.94.